The summed E-state index contributed by atoms with van der Waals surface area (Å²) in [6, 6.07) is 80.2. The molecule has 0 radical (unpaired) electrons. The monoisotopic (exact) mass is 842 g/mol. The molecule has 0 amide bonds. The Labute approximate surface area is 382 Å². The van der Waals surface area contributed by atoms with Crippen molar-refractivity contribution in [3.05, 3.63) is 230 Å². The van der Waals surface area contributed by atoms with Crippen LogP contribution in [0.5, 0.6) is 0 Å². The number of benzene rings is 10. The molecule has 0 fully saturated rings. The quantitative estimate of drug-likeness (QED) is 0.169. The number of rotatable bonds is 5. The summed E-state index contributed by atoms with van der Waals surface area (Å²) >= 11 is 0. The van der Waals surface area contributed by atoms with Crippen LogP contribution in [0.15, 0.2) is 223 Å². The lowest BCUT2D eigenvalue weighted by Gasteiger charge is -2.23. The summed E-state index contributed by atoms with van der Waals surface area (Å²) in [5.74, 6) is 0. The molecule has 0 spiro atoms. The Kier molecular flexibility index (Phi) is 7.74. The lowest BCUT2D eigenvalue weighted by molar-refractivity contribution is 0.656. The zero-order valence-electron chi connectivity index (χ0n) is 36.6. The van der Waals surface area contributed by atoms with Crippen LogP contribution in [0.3, 0.4) is 0 Å². The van der Waals surface area contributed by atoms with Gasteiger partial charge >= 0.3 is 0 Å². The standard InChI is InChI=1S/C63H42N2O/c1-63(2)54-38-45(27-29-47(54)51-30-32-60-61(62(51)63)52-21-11-14-24-59(52)66-60)64-56-23-13-10-20-49(56)53-36-41(26-31-57(53)64)42-25-28-50-48-19-9-12-22-55(48)65(58(50)37-42)46-34-43(39-15-5-3-6-16-39)33-44(35-46)40-17-7-4-8-18-40/h3-38H,1-2H3. The Morgan fingerprint density at radius 1 is 0.333 bits per heavy atom. The third kappa shape index (κ3) is 5.31. The van der Waals surface area contributed by atoms with Crippen molar-refractivity contribution in [1.29, 1.82) is 0 Å². The summed E-state index contributed by atoms with van der Waals surface area (Å²) in [5.41, 5.74) is 21.2. The first-order chi connectivity index (χ1) is 32.5. The maximum atomic E-state index is 6.38. The molecular formula is C63H42N2O. The predicted molar refractivity (Wildman–Crippen MR) is 276 cm³/mol. The third-order valence-corrected chi connectivity index (χ3v) is 14.5. The van der Waals surface area contributed by atoms with E-state index in [0.717, 1.165) is 16.9 Å². The summed E-state index contributed by atoms with van der Waals surface area (Å²) in [7, 11) is 0. The van der Waals surface area contributed by atoms with Gasteiger partial charge in [0.25, 0.3) is 0 Å². The molecule has 310 valence electrons. The number of para-hydroxylation sites is 3. The molecule has 3 heteroatoms. The lowest BCUT2D eigenvalue weighted by Crippen LogP contribution is -2.15. The molecule has 1 aliphatic rings. The highest BCUT2D eigenvalue weighted by molar-refractivity contribution is 6.14. The highest BCUT2D eigenvalue weighted by atomic mass is 16.3. The molecule has 0 atom stereocenters. The largest absolute Gasteiger partial charge is 0.456 e. The Morgan fingerprint density at radius 2 is 0.894 bits per heavy atom. The number of furan rings is 1. The second-order valence-electron chi connectivity index (χ2n) is 18.5. The van der Waals surface area contributed by atoms with Crippen LogP contribution in [0.4, 0.5) is 0 Å². The molecule has 66 heavy (non-hydrogen) atoms. The van der Waals surface area contributed by atoms with E-state index in [0.29, 0.717) is 0 Å². The van der Waals surface area contributed by atoms with Crippen LogP contribution in [0, 0.1) is 0 Å². The fraction of sp³-hybridized carbons (Fsp3) is 0.0476. The molecule has 0 aliphatic heterocycles. The molecule has 1 aliphatic carbocycles. The highest BCUT2D eigenvalue weighted by Gasteiger charge is 2.38. The van der Waals surface area contributed by atoms with Crippen LogP contribution in [0.25, 0.3) is 121 Å². The van der Waals surface area contributed by atoms with Gasteiger partial charge < -0.3 is 13.6 Å². The van der Waals surface area contributed by atoms with Crippen LogP contribution < -0.4 is 0 Å². The average molecular weight is 843 g/mol. The van der Waals surface area contributed by atoms with E-state index in [1.54, 1.807) is 0 Å². The Hall–Kier alpha value is -8.40. The second-order valence-corrected chi connectivity index (χ2v) is 18.5. The third-order valence-electron chi connectivity index (χ3n) is 14.5. The molecule has 0 saturated heterocycles. The fourth-order valence-corrected chi connectivity index (χ4v) is 11.4. The van der Waals surface area contributed by atoms with Crippen molar-refractivity contribution in [3.63, 3.8) is 0 Å². The first-order valence-corrected chi connectivity index (χ1v) is 22.9. The van der Waals surface area contributed by atoms with Crippen molar-refractivity contribution in [2.45, 2.75) is 19.3 Å². The van der Waals surface area contributed by atoms with E-state index in [2.05, 4.69) is 241 Å². The number of hydrogen-bond donors (Lipinski definition) is 0. The lowest BCUT2D eigenvalue weighted by atomic mass is 9.80. The molecular weight excluding hydrogens is 801 g/mol. The van der Waals surface area contributed by atoms with Gasteiger partial charge in [0.1, 0.15) is 11.2 Å². The van der Waals surface area contributed by atoms with E-state index in [1.807, 2.05) is 0 Å². The van der Waals surface area contributed by atoms with Gasteiger partial charge in [-0.2, -0.15) is 0 Å². The molecule has 3 heterocycles. The van der Waals surface area contributed by atoms with Crippen molar-refractivity contribution < 1.29 is 4.42 Å². The maximum absolute atomic E-state index is 6.38. The van der Waals surface area contributed by atoms with Crippen molar-refractivity contribution in [2.75, 3.05) is 0 Å². The topological polar surface area (TPSA) is 23.0 Å². The first kappa shape index (κ1) is 37.0. The van der Waals surface area contributed by atoms with Gasteiger partial charge in [-0.25, -0.2) is 0 Å². The van der Waals surface area contributed by atoms with E-state index in [4.69, 9.17) is 4.42 Å². The van der Waals surface area contributed by atoms with Gasteiger partial charge in [0.2, 0.25) is 0 Å². The minimum Gasteiger partial charge on any atom is -0.456 e. The highest BCUT2D eigenvalue weighted by Crippen LogP contribution is 2.54. The van der Waals surface area contributed by atoms with Gasteiger partial charge in [-0.3, -0.25) is 0 Å². The zero-order chi connectivity index (χ0) is 43.7. The first-order valence-electron chi connectivity index (χ1n) is 22.9. The van der Waals surface area contributed by atoms with E-state index < -0.39 is 0 Å². The van der Waals surface area contributed by atoms with Crippen LogP contribution >= 0.6 is 0 Å². The van der Waals surface area contributed by atoms with E-state index >= 15 is 0 Å². The van der Waals surface area contributed by atoms with Crippen LogP contribution in [-0.2, 0) is 5.41 Å². The molecule has 14 rings (SSSR count). The molecule has 0 unspecified atom stereocenters. The van der Waals surface area contributed by atoms with Gasteiger partial charge in [0.15, 0.2) is 0 Å². The van der Waals surface area contributed by atoms with Crippen molar-refractivity contribution in [1.82, 2.24) is 9.13 Å². The molecule has 0 saturated carbocycles. The van der Waals surface area contributed by atoms with E-state index in [9.17, 15) is 0 Å². The molecule has 10 aromatic carbocycles. The summed E-state index contributed by atoms with van der Waals surface area (Å²) in [5, 5.41) is 7.37. The Bertz CT molecular complexity index is 4070. The van der Waals surface area contributed by atoms with Gasteiger partial charge in [0.05, 0.1) is 22.1 Å². The van der Waals surface area contributed by atoms with Gasteiger partial charge in [-0.1, -0.05) is 159 Å². The van der Waals surface area contributed by atoms with Crippen LogP contribution in [-0.4, -0.2) is 9.13 Å². The van der Waals surface area contributed by atoms with E-state index in [1.165, 1.54) is 116 Å². The molecule has 0 N–H and O–H groups in total. The molecule has 0 bridgehead atoms. The molecule has 3 aromatic heterocycles. The second kappa shape index (κ2) is 13.8. The molecule has 13 aromatic rings. The van der Waals surface area contributed by atoms with Crippen molar-refractivity contribution >= 4 is 65.6 Å². The number of fused-ring (bicyclic) bond motifs is 13. The van der Waals surface area contributed by atoms with Crippen molar-refractivity contribution in [2.24, 2.45) is 0 Å². The van der Waals surface area contributed by atoms with Crippen LogP contribution in [0.1, 0.15) is 25.0 Å². The Morgan fingerprint density at radius 3 is 1.62 bits per heavy atom. The summed E-state index contributed by atoms with van der Waals surface area (Å²) in [6.07, 6.45) is 0. The smallest absolute Gasteiger partial charge is 0.135 e. The zero-order valence-corrected chi connectivity index (χ0v) is 36.6. The number of nitrogens with zero attached hydrogens (tertiary/aromatic N) is 2. The SMILES string of the molecule is CC1(C)c2cc(-n3c4ccccc4c4cc(-c5ccc6c7ccccc7n(-c7cc(-c8ccccc8)cc(-c8ccccc8)c7)c6c5)ccc43)ccc2-c2ccc3oc4ccccc4c3c21. The average Bonchev–Trinajstić information content (AvgIpc) is 4.08. The fourth-order valence-electron chi connectivity index (χ4n) is 11.4. The maximum Gasteiger partial charge on any atom is 0.135 e. The number of hydrogen-bond acceptors (Lipinski definition) is 1. The normalized spacial score (nSPS) is 13.1. The van der Waals surface area contributed by atoms with Gasteiger partial charge in [-0.15, -0.1) is 0 Å². The minimum atomic E-state index is -0.230. The van der Waals surface area contributed by atoms with Crippen molar-refractivity contribution in [3.8, 4) is 55.9 Å². The number of aromatic nitrogens is 2. The van der Waals surface area contributed by atoms with E-state index in [-0.39, 0.29) is 5.41 Å². The molecule has 3 nitrogen and oxygen atoms in total. The summed E-state index contributed by atoms with van der Waals surface area (Å²) < 4.78 is 11.3. The van der Waals surface area contributed by atoms with Gasteiger partial charge in [-0.05, 0) is 128 Å². The summed E-state index contributed by atoms with van der Waals surface area (Å²) in [6.45, 7) is 4.75. The van der Waals surface area contributed by atoms with Crippen LogP contribution in [0.2, 0.25) is 0 Å². The predicted octanol–water partition coefficient (Wildman–Crippen LogP) is 17.1. The summed E-state index contributed by atoms with van der Waals surface area (Å²) in [4.78, 5) is 0. The Balaban J connectivity index is 0.926. The minimum absolute atomic E-state index is 0.230. The van der Waals surface area contributed by atoms with Gasteiger partial charge in [0, 0.05) is 49.1 Å².